The highest BCUT2D eigenvalue weighted by atomic mass is 127. The largest absolute Gasteiger partial charge is 0.480 e. The lowest BCUT2D eigenvalue weighted by Gasteiger charge is -2.13. The molecular formula is C11H19FI2N3O2+. The highest BCUT2D eigenvalue weighted by Crippen LogP contribution is 2.10. The van der Waals surface area contributed by atoms with Crippen LogP contribution in [0.2, 0.25) is 0 Å². The van der Waals surface area contributed by atoms with Crippen LogP contribution in [0.3, 0.4) is 0 Å². The summed E-state index contributed by atoms with van der Waals surface area (Å²) in [7, 11) is 0. The average molecular weight is 498 g/mol. The molecule has 0 unspecified atom stereocenters. The molecule has 0 spiro atoms. The van der Waals surface area contributed by atoms with Crippen molar-refractivity contribution in [2.45, 2.75) is 25.8 Å². The molecule has 1 atom stereocenters. The van der Waals surface area contributed by atoms with Gasteiger partial charge in [0.25, 0.3) is 0 Å². The molecule has 110 valence electrons. The van der Waals surface area contributed by atoms with Crippen LogP contribution in [0.15, 0.2) is 11.9 Å². The standard InChI is InChI=1S/C10H15FIN3O2.CH3I/c1-7(15-6-12)14-4-3-8(11)5-10(2,13)9(16)17;1-2/h5-6H,3-4,13H2,1-2H3,(H,16,17);1H3/p+1/b8-5-;/t10-;/m0./s1. The molecule has 0 aromatic rings. The maximum absolute atomic E-state index is 13.3. The Labute approximate surface area is 139 Å². The molecule has 0 saturated heterocycles. The predicted molar refractivity (Wildman–Crippen MR) is 94.9 cm³/mol. The van der Waals surface area contributed by atoms with E-state index in [0.717, 1.165) is 6.08 Å². The zero-order valence-corrected chi connectivity index (χ0v) is 15.4. The van der Waals surface area contributed by atoms with Crippen molar-refractivity contribution in [2.75, 3.05) is 11.5 Å². The smallest absolute Gasteiger partial charge is 0.340 e. The van der Waals surface area contributed by atoms with E-state index >= 15 is 0 Å². The van der Waals surface area contributed by atoms with E-state index in [9.17, 15) is 9.18 Å². The number of rotatable bonds is 5. The van der Waals surface area contributed by atoms with Gasteiger partial charge in [-0.05, 0) is 17.9 Å². The Hall–Kier alpha value is -0.190. The molecule has 0 aromatic heterocycles. The van der Waals surface area contributed by atoms with E-state index in [1.807, 2.05) is 27.5 Å². The Balaban J connectivity index is 0. The van der Waals surface area contributed by atoms with Gasteiger partial charge in [-0.1, -0.05) is 22.6 Å². The Morgan fingerprint density at radius 2 is 2.11 bits per heavy atom. The van der Waals surface area contributed by atoms with Crippen LogP contribution in [0.5, 0.6) is 0 Å². The Bertz CT molecular complexity index is 378. The quantitative estimate of drug-likeness (QED) is 0.177. The first-order chi connectivity index (χ1) is 8.79. The molecule has 5 nitrogen and oxygen atoms in total. The van der Waals surface area contributed by atoms with Crippen LogP contribution in [0.4, 0.5) is 4.39 Å². The van der Waals surface area contributed by atoms with Crippen LogP contribution in [0.1, 0.15) is 20.3 Å². The summed E-state index contributed by atoms with van der Waals surface area (Å²) in [4.78, 5) is 12.6. The number of halogens is 3. The van der Waals surface area contributed by atoms with Gasteiger partial charge in [0.05, 0.1) is 13.5 Å². The molecule has 0 aliphatic rings. The van der Waals surface area contributed by atoms with E-state index in [-0.39, 0.29) is 6.42 Å². The van der Waals surface area contributed by atoms with Crippen LogP contribution in [0.25, 0.3) is 0 Å². The molecule has 0 aliphatic carbocycles. The van der Waals surface area contributed by atoms with Gasteiger partial charge in [0.15, 0.2) is 0 Å². The second-order valence-corrected chi connectivity index (χ2v) is 4.22. The minimum absolute atomic E-state index is 0.0637. The molecule has 4 N–H and O–H groups in total. The van der Waals surface area contributed by atoms with Gasteiger partial charge in [0.1, 0.15) is 11.4 Å². The number of carbonyl (C=O) groups is 1. The molecule has 0 rings (SSSR count). The van der Waals surface area contributed by atoms with E-state index in [2.05, 4.69) is 32.6 Å². The van der Waals surface area contributed by atoms with E-state index in [0.29, 0.717) is 12.4 Å². The summed E-state index contributed by atoms with van der Waals surface area (Å²) in [6.45, 7) is 3.32. The molecule has 0 radical (unpaired) electrons. The summed E-state index contributed by atoms with van der Waals surface area (Å²) in [5, 5.41) is 11.6. The monoisotopic (exact) mass is 498 g/mol. The normalized spacial score (nSPS) is 13.3. The SMILES string of the molecule is CC(=[N+]=CI)NCC/C(F)=C/[C@](C)(N)C(=O)O.CI. The summed E-state index contributed by atoms with van der Waals surface area (Å²) >= 11 is 4.12. The number of nitrogens with two attached hydrogens (primary N) is 1. The number of carboxylic acids is 1. The third-order valence-corrected chi connectivity index (χ3v) is 2.18. The second kappa shape index (κ2) is 11.6. The molecule has 19 heavy (non-hydrogen) atoms. The molecule has 8 heteroatoms. The third-order valence-electron chi connectivity index (χ3n) is 1.90. The first kappa shape index (κ1) is 21.1. The first-order valence-corrected chi connectivity index (χ1v) is 8.67. The molecule has 0 aromatic carbocycles. The van der Waals surface area contributed by atoms with Crippen molar-refractivity contribution in [3.8, 4) is 0 Å². The van der Waals surface area contributed by atoms with Gasteiger partial charge < -0.3 is 10.8 Å². The Morgan fingerprint density at radius 1 is 1.58 bits per heavy atom. The lowest BCUT2D eigenvalue weighted by atomic mass is 10.0. The van der Waals surface area contributed by atoms with Crippen molar-refractivity contribution in [1.82, 2.24) is 9.98 Å². The predicted octanol–water partition coefficient (Wildman–Crippen LogP) is 1.62. The third kappa shape index (κ3) is 11.3. The maximum Gasteiger partial charge on any atom is 0.340 e. The fourth-order valence-electron chi connectivity index (χ4n) is 0.941. The van der Waals surface area contributed by atoms with Crippen molar-refractivity contribution < 1.29 is 14.3 Å². The summed E-state index contributed by atoms with van der Waals surface area (Å²) in [6.07, 6.45) is 0.974. The topological polar surface area (TPSA) is 89.5 Å². The van der Waals surface area contributed by atoms with Crippen molar-refractivity contribution in [2.24, 2.45) is 5.73 Å². The van der Waals surface area contributed by atoms with Gasteiger partial charge >= 0.3 is 11.8 Å². The molecule has 0 amide bonds. The Kier molecular flexibility index (Phi) is 12.9. The Morgan fingerprint density at radius 3 is 2.53 bits per heavy atom. The van der Waals surface area contributed by atoms with Crippen LogP contribution < -0.4 is 15.7 Å². The van der Waals surface area contributed by atoms with E-state index in [4.69, 9.17) is 10.8 Å². The van der Waals surface area contributed by atoms with Gasteiger partial charge in [0.2, 0.25) is 4.22 Å². The van der Waals surface area contributed by atoms with Gasteiger partial charge in [-0.2, -0.15) is 0 Å². The van der Waals surface area contributed by atoms with E-state index < -0.39 is 17.3 Å². The van der Waals surface area contributed by atoms with E-state index in [1.165, 1.54) is 6.92 Å². The first-order valence-electron chi connectivity index (χ1n) is 5.27. The van der Waals surface area contributed by atoms with Gasteiger partial charge in [-0.3, -0.25) is 5.32 Å². The minimum atomic E-state index is -1.68. The number of hydrogen-bond acceptors (Lipinski definition) is 2. The van der Waals surface area contributed by atoms with Crippen molar-refractivity contribution in [3.63, 3.8) is 0 Å². The molecule has 0 fully saturated rings. The lowest BCUT2D eigenvalue weighted by molar-refractivity contribution is -0.140. The zero-order chi connectivity index (χ0) is 15.5. The van der Waals surface area contributed by atoms with Gasteiger partial charge in [-0.15, -0.1) is 0 Å². The lowest BCUT2D eigenvalue weighted by Crippen LogP contribution is -2.43. The fraction of sp³-hybridized carbons (Fsp3) is 0.545. The minimum Gasteiger partial charge on any atom is -0.480 e. The van der Waals surface area contributed by atoms with Gasteiger partial charge in [0, 0.05) is 29.0 Å². The zero-order valence-electron chi connectivity index (χ0n) is 11.1. The van der Waals surface area contributed by atoms with Crippen LogP contribution in [-0.4, -0.2) is 38.1 Å². The highest BCUT2D eigenvalue weighted by molar-refractivity contribution is 14.1. The van der Waals surface area contributed by atoms with Crippen molar-refractivity contribution in [3.05, 3.63) is 11.9 Å². The number of nitrogens with zero attached hydrogens (tertiary/aromatic N) is 1. The van der Waals surface area contributed by atoms with E-state index in [1.54, 1.807) is 11.1 Å². The summed E-state index contributed by atoms with van der Waals surface area (Å²) < 4.78 is 18.8. The molecule has 0 saturated carbocycles. The molecule has 0 bridgehead atoms. The highest BCUT2D eigenvalue weighted by Gasteiger charge is 2.25. The van der Waals surface area contributed by atoms with Crippen LogP contribution in [-0.2, 0) is 4.79 Å². The number of amidine groups is 1. The maximum atomic E-state index is 13.3. The van der Waals surface area contributed by atoms with Gasteiger partial charge in [-0.25, -0.2) is 13.9 Å². The fourth-order valence-corrected chi connectivity index (χ4v) is 1.36. The second-order valence-electron chi connectivity index (χ2n) is 3.67. The van der Waals surface area contributed by atoms with Crippen molar-refractivity contribution in [1.29, 1.82) is 0 Å². The van der Waals surface area contributed by atoms with Crippen molar-refractivity contribution >= 4 is 61.2 Å². The number of nitrogens with one attached hydrogen (secondary N) is 1. The molecular weight excluding hydrogens is 479 g/mol. The molecule has 0 heterocycles. The summed E-state index contributed by atoms with van der Waals surface area (Å²) in [5.41, 5.74) is 3.70. The summed E-state index contributed by atoms with van der Waals surface area (Å²) in [6, 6.07) is 0. The number of aliphatic carboxylic acids is 1. The number of hydrogen-bond donors (Lipinski definition) is 3. The average Bonchev–Trinajstić information content (AvgIpc) is 2.31. The summed E-state index contributed by atoms with van der Waals surface area (Å²) in [5.74, 6) is -1.16. The number of alkyl halides is 1. The molecule has 0 aliphatic heterocycles. The van der Waals surface area contributed by atoms with Crippen LogP contribution >= 0.6 is 45.2 Å². The van der Waals surface area contributed by atoms with Crippen LogP contribution in [0, 0.1) is 0 Å². The number of carboxylic acid groups (broad SMARTS) is 1.